The largest absolute Gasteiger partial charge is 0.293 e. The van der Waals surface area contributed by atoms with Crippen LogP contribution in [0.15, 0.2) is 60.7 Å². The van der Waals surface area contributed by atoms with Crippen LogP contribution in [-0.2, 0) is 0 Å². The fourth-order valence-corrected chi connectivity index (χ4v) is 1.31. The Morgan fingerprint density at radius 1 is 0.800 bits per heavy atom. The van der Waals surface area contributed by atoms with Crippen molar-refractivity contribution in [3.05, 3.63) is 78.2 Å². The summed E-state index contributed by atoms with van der Waals surface area (Å²) in [4.78, 5) is 11.7. The third-order valence-corrected chi connectivity index (χ3v) is 2.07. The van der Waals surface area contributed by atoms with Gasteiger partial charge in [0.15, 0.2) is 5.78 Å². The van der Waals surface area contributed by atoms with E-state index in [1.807, 2.05) is 48.5 Å². The summed E-state index contributed by atoms with van der Waals surface area (Å²) in [6.45, 7) is 0. The fraction of sp³-hybridized carbons (Fsp3) is 0. The van der Waals surface area contributed by atoms with E-state index >= 15 is 0 Å². The van der Waals surface area contributed by atoms with Gasteiger partial charge in [-0.2, -0.15) is 0 Å². The zero-order valence-electron chi connectivity index (χ0n) is 8.18. The van der Waals surface area contributed by atoms with Crippen LogP contribution in [0.25, 0.3) is 0 Å². The summed E-state index contributed by atoms with van der Waals surface area (Å²) in [7, 11) is 0. The first kappa shape index (κ1) is 9.66. The number of carbonyl (C=O) groups excluding carboxylic acids is 1. The van der Waals surface area contributed by atoms with Crippen LogP contribution >= 0.6 is 0 Å². The van der Waals surface area contributed by atoms with E-state index in [0.29, 0.717) is 5.56 Å². The first-order valence-corrected chi connectivity index (χ1v) is 4.78. The summed E-state index contributed by atoms with van der Waals surface area (Å²) in [5.74, 6) is -0.0817. The molecule has 0 amide bonds. The Hall–Kier alpha value is -1.89. The van der Waals surface area contributed by atoms with Gasteiger partial charge in [0.25, 0.3) is 0 Å². The number of benzene rings is 2. The average Bonchev–Trinajstić information content (AvgIpc) is 2.31. The van der Waals surface area contributed by atoms with Gasteiger partial charge in [-0.25, -0.2) is 0 Å². The molecule has 0 spiro atoms. The Labute approximate surface area is 89.4 Å². The summed E-state index contributed by atoms with van der Waals surface area (Å²) in [5.41, 5.74) is 1.48. The van der Waals surface area contributed by atoms with Crippen LogP contribution in [-0.4, -0.2) is 5.78 Å². The number of carbonyl (C=O) groups is 1. The SMILES string of the molecule is O=C([C]c1ccccc1)c1ccccc1. The number of rotatable bonds is 3. The number of Topliss-reactive ketones (excluding diaryl/α,β-unsaturated/α-hetero) is 1. The molecule has 0 aliphatic heterocycles. The zero-order chi connectivity index (χ0) is 10.5. The summed E-state index contributed by atoms with van der Waals surface area (Å²) in [6, 6.07) is 18.6. The first-order valence-electron chi connectivity index (χ1n) is 4.78. The molecule has 0 aliphatic rings. The molecule has 72 valence electrons. The Balaban J connectivity index is 2.12. The van der Waals surface area contributed by atoms with Gasteiger partial charge >= 0.3 is 0 Å². The van der Waals surface area contributed by atoms with E-state index in [2.05, 4.69) is 6.42 Å². The lowest BCUT2D eigenvalue weighted by Gasteiger charge is -1.99. The van der Waals surface area contributed by atoms with Crippen molar-refractivity contribution in [2.75, 3.05) is 0 Å². The summed E-state index contributed by atoms with van der Waals surface area (Å²) in [6.07, 6.45) is 2.82. The molecule has 0 heterocycles. The van der Waals surface area contributed by atoms with E-state index in [0.717, 1.165) is 5.56 Å². The van der Waals surface area contributed by atoms with Crippen molar-refractivity contribution in [3.8, 4) is 0 Å². The molecule has 0 atom stereocenters. The minimum Gasteiger partial charge on any atom is -0.293 e. The van der Waals surface area contributed by atoms with E-state index in [1.54, 1.807) is 12.1 Å². The molecule has 15 heavy (non-hydrogen) atoms. The van der Waals surface area contributed by atoms with E-state index in [1.165, 1.54) is 0 Å². The molecule has 0 saturated carbocycles. The molecule has 2 rings (SSSR count). The maximum absolute atomic E-state index is 11.7. The molecule has 0 fully saturated rings. The lowest BCUT2D eigenvalue weighted by atomic mass is 10.0. The highest BCUT2D eigenvalue weighted by molar-refractivity contribution is 6.04. The van der Waals surface area contributed by atoms with E-state index < -0.39 is 0 Å². The van der Waals surface area contributed by atoms with Gasteiger partial charge in [0.1, 0.15) is 0 Å². The van der Waals surface area contributed by atoms with Crippen molar-refractivity contribution in [3.63, 3.8) is 0 Å². The van der Waals surface area contributed by atoms with Crippen LogP contribution in [0.5, 0.6) is 0 Å². The molecule has 1 nitrogen and oxygen atoms in total. The molecule has 1 heteroatoms. The van der Waals surface area contributed by atoms with Crippen LogP contribution in [0.1, 0.15) is 15.9 Å². The molecule has 0 saturated heterocycles. The van der Waals surface area contributed by atoms with Crippen LogP contribution < -0.4 is 0 Å². The third-order valence-electron chi connectivity index (χ3n) is 2.07. The van der Waals surface area contributed by atoms with Crippen molar-refractivity contribution in [1.82, 2.24) is 0 Å². The minimum atomic E-state index is -0.0817. The van der Waals surface area contributed by atoms with Gasteiger partial charge in [-0.3, -0.25) is 4.79 Å². The van der Waals surface area contributed by atoms with E-state index in [4.69, 9.17) is 0 Å². The molecule has 0 bridgehead atoms. The first-order chi connectivity index (χ1) is 7.36. The highest BCUT2D eigenvalue weighted by Gasteiger charge is 2.06. The number of ketones is 1. The van der Waals surface area contributed by atoms with E-state index in [9.17, 15) is 4.79 Å². The van der Waals surface area contributed by atoms with Crippen molar-refractivity contribution in [2.45, 2.75) is 0 Å². The zero-order valence-corrected chi connectivity index (χ0v) is 8.18. The van der Waals surface area contributed by atoms with Crippen LogP contribution in [0, 0.1) is 6.42 Å². The molecule has 2 radical (unpaired) electrons. The summed E-state index contributed by atoms with van der Waals surface area (Å²) in [5, 5.41) is 0. The van der Waals surface area contributed by atoms with Crippen molar-refractivity contribution in [1.29, 1.82) is 0 Å². The molecule has 0 aromatic heterocycles. The predicted octanol–water partition coefficient (Wildman–Crippen LogP) is 3.00. The topological polar surface area (TPSA) is 17.1 Å². The van der Waals surface area contributed by atoms with Crippen LogP contribution in [0.3, 0.4) is 0 Å². The number of hydrogen-bond donors (Lipinski definition) is 0. The number of hydrogen-bond acceptors (Lipinski definition) is 1. The molecular formula is C14H10O. The predicted molar refractivity (Wildman–Crippen MR) is 59.6 cm³/mol. The van der Waals surface area contributed by atoms with Gasteiger partial charge in [-0.05, 0) is 5.56 Å². The Morgan fingerprint density at radius 3 is 1.93 bits per heavy atom. The normalized spacial score (nSPS) is 9.87. The maximum Gasteiger partial charge on any atom is 0.176 e. The average molecular weight is 194 g/mol. The van der Waals surface area contributed by atoms with Gasteiger partial charge in [0, 0.05) is 5.56 Å². The van der Waals surface area contributed by atoms with E-state index in [-0.39, 0.29) is 5.78 Å². The highest BCUT2D eigenvalue weighted by atomic mass is 16.1. The molecule has 0 unspecified atom stereocenters. The minimum absolute atomic E-state index is 0.0817. The Kier molecular flexibility index (Phi) is 2.93. The van der Waals surface area contributed by atoms with Crippen LogP contribution in [0.4, 0.5) is 0 Å². The molecule has 2 aromatic rings. The maximum atomic E-state index is 11.7. The Bertz CT molecular complexity index is 431. The standard InChI is InChI=1S/C14H10O/c15-14(13-9-5-2-6-10-13)11-12-7-3-1-4-8-12/h1-10H. The van der Waals surface area contributed by atoms with Gasteiger partial charge in [0.2, 0.25) is 0 Å². The van der Waals surface area contributed by atoms with Crippen molar-refractivity contribution < 1.29 is 4.79 Å². The van der Waals surface area contributed by atoms with Gasteiger partial charge < -0.3 is 0 Å². The fourth-order valence-electron chi connectivity index (χ4n) is 1.31. The molecule has 0 aliphatic carbocycles. The molecule has 2 aromatic carbocycles. The third kappa shape index (κ3) is 2.53. The Morgan fingerprint density at radius 2 is 1.33 bits per heavy atom. The lowest BCUT2D eigenvalue weighted by molar-refractivity contribution is 0.103. The molecule has 0 N–H and O–H groups in total. The van der Waals surface area contributed by atoms with Gasteiger partial charge in [-0.15, -0.1) is 0 Å². The molecular weight excluding hydrogens is 184 g/mol. The summed E-state index contributed by atoms with van der Waals surface area (Å²) < 4.78 is 0. The van der Waals surface area contributed by atoms with Crippen LogP contribution in [0.2, 0.25) is 0 Å². The summed E-state index contributed by atoms with van der Waals surface area (Å²) >= 11 is 0. The second-order valence-corrected chi connectivity index (χ2v) is 3.19. The second-order valence-electron chi connectivity index (χ2n) is 3.19. The monoisotopic (exact) mass is 194 g/mol. The quantitative estimate of drug-likeness (QED) is 0.686. The van der Waals surface area contributed by atoms with Crippen molar-refractivity contribution >= 4 is 5.78 Å². The lowest BCUT2D eigenvalue weighted by Crippen LogP contribution is -2.00. The highest BCUT2D eigenvalue weighted by Crippen LogP contribution is 2.08. The van der Waals surface area contributed by atoms with Gasteiger partial charge in [-0.1, -0.05) is 60.7 Å². The second kappa shape index (κ2) is 4.56. The van der Waals surface area contributed by atoms with Gasteiger partial charge in [0.05, 0.1) is 6.42 Å². The smallest absolute Gasteiger partial charge is 0.176 e. The van der Waals surface area contributed by atoms with Crippen molar-refractivity contribution in [2.24, 2.45) is 0 Å².